The van der Waals surface area contributed by atoms with Gasteiger partial charge in [-0.1, -0.05) is 0 Å². The summed E-state index contributed by atoms with van der Waals surface area (Å²) in [6, 6.07) is 0. The number of hydrogen-bond acceptors (Lipinski definition) is 10. The fraction of sp³-hybridized carbons (Fsp3) is 0.625. The number of nitrogens with zero attached hydrogens (tertiary/aromatic N) is 10. The summed E-state index contributed by atoms with van der Waals surface area (Å²) >= 11 is 0. The van der Waals surface area contributed by atoms with Crippen LogP contribution in [0.4, 0.5) is 23.8 Å². The van der Waals surface area contributed by atoms with E-state index in [1.807, 2.05) is 69.0 Å². The quantitative estimate of drug-likeness (QED) is 0.618. The van der Waals surface area contributed by atoms with E-state index < -0.39 is 0 Å². The van der Waals surface area contributed by atoms with E-state index in [1.54, 1.807) is 0 Å². The molecule has 2 rings (SSSR count). The van der Waals surface area contributed by atoms with Crippen molar-refractivity contribution in [1.82, 2.24) is 29.9 Å². The van der Waals surface area contributed by atoms with Gasteiger partial charge < -0.3 is 19.4 Å². The number of aryl methyl sites for hydroxylation is 2. The van der Waals surface area contributed by atoms with E-state index in [2.05, 4.69) is 43.8 Å². The number of rotatable bonds is 8. The van der Waals surface area contributed by atoms with Crippen molar-refractivity contribution < 1.29 is 0 Å². The average Bonchev–Trinajstić information content (AvgIpc) is 2.65. The van der Waals surface area contributed by atoms with Gasteiger partial charge in [-0.15, -0.1) is 0 Å². The van der Waals surface area contributed by atoms with Gasteiger partial charge in [0.15, 0.2) is 0 Å². The summed E-state index contributed by atoms with van der Waals surface area (Å²) in [7, 11) is 9.51. The van der Waals surface area contributed by atoms with Crippen LogP contribution in [-0.2, 0) is 0 Å². The van der Waals surface area contributed by atoms with Crippen molar-refractivity contribution in [3.05, 3.63) is 11.6 Å². The third kappa shape index (κ3) is 5.14. The second-order valence-electron chi connectivity index (χ2n) is 6.33. The maximum atomic E-state index is 4.54. The van der Waals surface area contributed by atoms with Crippen molar-refractivity contribution in [1.29, 1.82) is 0 Å². The Morgan fingerprint density at radius 1 is 0.593 bits per heavy atom. The van der Waals surface area contributed by atoms with E-state index >= 15 is 0 Å². The molecule has 0 spiro atoms. The van der Waals surface area contributed by atoms with E-state index in [9.17, 15) is 0 Å². The molecule has 0 aliphatic rings. The average molecular weight is 371 g/mol. The molecule has 0 aliphatic heterocycles. The Morgan fingerprint density at radius 3 is 1.26 bits per heavy atom. The van der Waals surface area contributed by atoms with Crippen molar-refractivity contribution in [2.24, 2.45) is 0 Å². The fourth-order valence-corrected chi connectivity index (χ4v) is 2.21. The highest BCUT2D eigenvalue weighted by atomic mass is 15.4. The van der Waals surface area contributed by atoms with Crippen LogP contribution in [0.15, 0.2) is 0 Å². The molecular weight excluding hydrogens is 343 g/mol. The van der Waals surface area contributed by atoms with Crippen LogP contribution in [0.25, 0.3) is 0 Å². The summed E-state index contributed by atoms with van der Waals surface area (Å²) in [5.74, 6) is 3.74. The van der Waals surface area contributed by atoms with Gasteiger partial charge in [-0.2, -0.15) is 29.9 Å². The SMILES string of the molecule is CCN(C)c1nc(C)nc(N(C)[B]N(C)c2nc(C)nc(N(C)CC)n2)n1. The van der Waals surface area contributed by atoms with Gasteiger partial charge in [0.05, 0.1) is 0 Å². The molecule has 27 heavy (non-hydrogen) atoms. The van der Waals surface area contributed by atoms with E-state index in [4.69, 9.17) is 0 Å². The number of anilines is 4. The van der Waals surface area contributed by atoms with E-state index in [1.165, 1.54) is 0 Å². The zero-order chi connectivity index (χ0) is 20.1. The molecule has 0 N–H and O–H groups in total. The summed E-state index contributed by atoms with van der Waals surface area (Å²) in [6.07, 6.45) is 0. The molecule has 0 bridgehead atoms. The van der Waals surface area contributed by atoms with Crippen LogP contribution in [-0.4, -0.2) is 78.7 Å². The Kier molecular flexibility index (Phi) is 6.70. The predicted molar refractivity (Wildman–Crippen MR) is 110 cm³/mol. The summed E-state index contributed by atoms with van der Waals surface area (Å²) in [6.45, 7) is 9.45. The van der Waals surface area contributed by atoms with E-state index in [0.29, 0.717) is 35.4 Å². The molecule has 11 heteroatoms. The van der Waals surface area contributed by atoms with Crippen LogP contribution in [0.5, 0.6) is 0 Å². The van der Waals surface area contributed by atoms with E-state index in [0.717, 1.165) is 13.1 Å². The fourth-order valence-electron chi connectivity index (χ4n) is 2.21. The molecule has 2 aromatic rings. The van der Waals surface area contributed by atoms with Gasteiger partial charge in [0.1, 0.15) is 11.6 Å². The van der Waals surface area contributed by atoms with Crippen molar-refractivity contribution >= 4 is 31.3 Å². The molecule has 145 valence electrons. The Morgan fingerprint density at radius 2 is 0.926 bits per heavy atom. The standard InChI is InChI=1S/C16H28BN10/c1-9-24(5)13-18-11(3)20-15(22-13)26(7)17-27(8)16-21-12(4)19-14(23-16)25(6)10-2/h9-10H2,1-8H3. The van der Waals surface area contributed by atoms with Crippen LogP contribution in [0.3, 0.4) is 0 Å². The molecular formula is C16H28BN10. The minimum atomic E-state index is 0.557. The smallest absolute Gasteiger partial charge is 0.370 e. The second kappa shape index (κ2) is 8.78. The highest BCUT2D eigenvalue weighted by molar-refractivity contribution is 6.45. The summed E-state index contributed by atoms with van der Waals surface area (Å²) in [5.41, 5.74) is 0. The predicted octanol–water partition coefficient (Wildman–Crippen LogP) is 0.692. The van der Waals surface area contributed by atoms with Gasteiger partial charge in [-0.25, -0.2) is 0 Å². The maximum Gasteiger partial charge on any atom is 0.395 e. The molecule has 0 unspecified atom stereocenters. The van der Waals surface area contributed by atoms with Gasteiger partial charge in [-0.05, 0) is 41.8 Å². The monoisotopic (exact) mass is 371 g/mol. The summed E-state index contributed by atoms with van der Waals surface area (Å²) in [5, 5.41) is 0. The molecule has 2 aromatic heterocycles. The van der Waals surface area contributed by atoms with Gasteiger partial charge in [0.25, 0.3) is 0 Å². The lowest BCUT2D eigenvalue weighted by Crippen LogP contribution is -2.39. The number of hydrogen-bond donors (Lipinski definition) is 0. The van der Waals surface area contributed by atoms with Crippen LogP contribution in [0.2, 0.25) is 0 Å². The van der Waals surface area contributed by atoms with Crippen molar-refractivity contribution in [3.8, 4) is 0 Å². The molecule has 0 saturated carbocycles. The molecule has 0 fully saturated rings. The molecule has 2 heterocycles. The van der Waals surface area contributed by atoms with Crippen LogP contribution in [0, 0.1) is 13.8 Å². The first-order valence-corrected chi connectivity index (χ1v) is 8.93. The largest absolute Gasteiger partial charge is 0.395 e. The second-order valence-corrected chi connectivity index (χ2v) is 6.33. The Labute approximate surface area is 162 Å². The maximum absolute atomic E-state index is 4.54. The normalized spacial score (nSPS) is 10.5. The first-order chi connectivity index (χ1) is 12.7. The summed E-state index contributed by atoms with van der Waals surface area (Å²) in [4.78, 5) is 34.3. The molecule has 0 aromatic carbocycles. The van der Waals surface area contributed by atoms with Crippen LogP contribution < -0.4 is 19.4 Å². The lowest BCUT2D eigenvalue weighted by atomic mass is 10.1. The van der Waals surface area contributed by atoms with Crippen molar-refractivity contribution in [2.75, 3.05) is 60.7 Å². The number of aromatic nitrogens is 6. The Bertz CT molecular complexity index is 707. The summed E-state index contributed by atoms with van der Waals surface area (Å²) < 4.78 is 0. The zero-order valence-corrected chi connectivity index (χ0v) is 17.5. The first-order valence-electron chi connectivity index (χ1n) is 8.93. The first kappa shape index (κ1) is 20.6. The lowest BCUT2D eigenvalue weighted by molar-refractivity contribution is 0.852. The zero-order valence-electron chi connectivity index (χ0n) is 17.5. The molecule has 0 amide bonds. The molecule has 0 aliphatic carbocycles. The highest BCUT2D eigenvalue weighted by Crippen LogP contribution is 2.14. The third-order valence-electron chi connectivity index (χ3n) is 4.06. The molecule has 0 saturated heterocycles. The van der Waals surface area contributed by atoms with Crippen molar-refractivity contribution in [3.63, 3.8) is 0 Å². The topological polar surface area (TPSA) is 90.3 Å². The molecule has 10 nitrogen and oxygen atoms in total. The Balaban J connectivity index is 2.22. The van der Waals surface area contributed by atoms with Gasteiger partial charge >= 0.3 is 7.55 Å². The van der Waals surface area contributed by atoms with Gasteiger partial charge in [0.2, 0.25) is 23.8 Å². The third-order valence-corrected chi connectivity index (χ3v) is 4.06. The van der Waals surface area contributed by atoms with Crippen molar-refractivity contribution in [2.45, 2.75) is 27.7 Å². The van der Waals surface area contributed by atoms with Crippen LogP contribution >= 0.6 is 0 Å². The van der Waals surface area contributed by atoms with Gasteiger partial charge in [-0.3, -0.25) is 0 Å². The lowest BCUT2D eigenvalue weighted by Gasteiger charge is -2.25. The minimum Gasteiger partial charge on any atom is -0.370 e. The minimum absolute atomic E-state index is 0.557. The van der Waals surface area contributed by atoms with E-state index in [-0.39, 0.29) is 0 Å². The molecule has 1 radical (unpaired) electrons. The Hall–Kier alpha value is -2.72. The molecule has 0 atom stereocenters. The van der Waals surface area contributed by atoms with Crippen LogP contribution in [0.1, 0.15) is 25.5 Å². The highest BCUT2D eigenvalue weighted by Gasteiger charge is 2.18. The van der Waals surface area contributed by atoms with Gasteiger partial charge in [0, 0.05) is 27.2 Å².